The Labute approximate surface area is 164 Å². The van der Waals surface area contributed by atoms with Crippen LogP contribution in [0.2, 0.25) is 0 Å². The van der Waals surface area contributed by atoms with Crippen molar-refractivity contribution < 1.29 is 29.3 Å². The van der Waals surface area contributed by atoms with E-state index in [1.165, 1.54) is 6.92 Å². The highest BCUT2D eigenvalue weighted by atomic mass is 16.6. The van der Waals surface area contributed by atoms with Crippen molar-refractivity contribution in [3.05, 3.63) is 23.3 Å². The molecule has 0 aliphatic heterocycles. The maximum atomic E-state index is 13.5. The molecule has 0 aromatic rings. The van der Waals surface area contributed by atoms with E-state index in [2.05, 4.69) is 6.58 Å². The zero-order valence-corrected chi connectivity index (χ0v) is 16.8. The lowest BCUT2D eigenvalue weighted by atomic mass is 9.50. The third-order valence-electron chi connectivity index (χ3n) is 7.90. The number of hydrogen-bond acceptors (Lipinski definition) is 6. The summed E-state index contributed by atoms with van der Waals surface area (Å²) in [6.07, 6.45) is -1.96. The average Bonchev–Trinajstić information content (AvgIpc) is 3.29. The minimum Gasteiger partial charge on any atom is -0.455 e. The van der Waals surface area contributed by atoms with Gasteiger partial charge in [-0.15, -0.1) is 0 Å². The second kappa shape index (κ2) is 5.86. The number of rotatable bonds is 1. The highest BCUT2D eigenvalue weighted by molar-refractivity contribution is 6.19. The first-order chi connectivity index (χ1) is 13.0. The van der Waals surface area contributed by atoms with E-state index in [1.54, 1.807) is 0 Å². The lowest BCUT2D eigenvalue weighted by molar-refractivity contribution is -0.160. The summed E-state index contributed by atoms with van der Waals surface area (Å²) in [6.45, 7) is 11.1. The van der Waals surface area contributed by atoms with Crippen LogP contribution in [0.3, 0.4) is 0 Å². The van der Waals surface area contributed by atoms with Gasteiger partial charge in [0, 0.05) is 29.4 Å². The molecule has 0 heterocycles. The summed E-state index contributed by atoms with van der Waals surface area (Å²) in [7, 11) is 0. The molecule has 0 amide bonds. The molecule has 4 aliphatic carbocycles. The summed E-state index contributed by atoms with van der Waals surface area (Å²) >= 11 is 0. The van der Waals surface area contributed by atoms with Crippen molar-refractivity contribution in [2.75, 3.05) is 0 Å². The average molecular weight is 388 g/mol. The molecular weight excluding hydrogens is 360 g/mol. The molecule has 0 aromatic carbocycles. The molecule has 6 nitrogen and oxygen atoms in total. The molecule has 0 radical (unpaired) electrons. The number of ketones is 2. The van der Waals surface area contributed by atoms with Crippen molar-refractivity contribution in [2.45, 2.75) is 65.3 Å². The van der Waals surface area contributed by atoms with Crippen molar-refractivity contribution in [1.29, 1.82) is 0 Å². The summed E-state index contributed by atoms with van der Waals surface area (Å²) in [5.74, 6) is -1.95. The van der Waals surface area contributed by atoms with Crippen molar-refractivity contribution in [3.63, 3.8) is 0 Å². The summed E-state index contributed by atoms with van der Waals surface area (Å²) < 4.78 is 5.42. The SMILES string of the molecule is C=C1C(C)CCC2(C)C3=C(C(=O)C4(CC4C)C(O)C3=O)C(OC(C)=O)C(O)C12. The summed E-state index contributed by atoms with van der Waals surface area (Å²) in [5, 5.41) is 22.0. The monoisotopic (exact) mass is 388 g/mol. The molecule has 2 fully saturated rings. The molecule has 1 spiro atoms. The molecule has 4 aliphatic rings. The Bertz CT molecular complexity index is 840. The minimum atomic E-state index is -1.38. The second-order valence-electron chi connectivity index (χ2n) is 9.46. The molecule has 0 saturated heterocycles. The number of esters is 1. The standard InChI is InChI=1S/C22H28O6/c1-9-6-7-21(5)14(11(9)3)16(24)18(28-12(4)23)13-15(21)17(25)20(27)22(19(13)26)8-10(22)2/h9-10,14,16,18,20,24,27H,3,6-8H2,1-2,4-5H3. The van der Waals surface area contributed by atoms with Crippen LogP contribution in [0, 0.1) is 28.6 Å². The molecule has 28 heavy (non-hydrogen) atoms. The molecule has 2 saturated carbocycles. The van der Waals surface area contributed by atoms with Gasteiger partial charge in [0.15, 0.2) is 17.7 Å². The van der Waals surface area contributed by atoms with Gasteiger partial charge in [-0.1, -0.05) is 32.9 Å². The van der Waals surface area contributed by atoms with E-state index in [9.17, 15) is 24.6 Å². The fourth-order valence-corrected chi connectivity index (χ4v) is 6.10. The normalized spacial score (nSPS) is 47.7. The Hall–Kier alpha value is -1.79. The van der Waals surface area contributed by atoms with E-state index in [-0.39, 0.29) is 28.8 Å². The number of aliphatic hydroxyl groups is 2. The molecule has 2 N–H and O–H groups in total. The van der Waals surface area contributed by atoms with Gasteiger partial charge < -0.3 is 14.9 Å². The Morgan fingerprint density at radius 2 is 1.86 bits per heavy atom. The summed E-state index contributed by atoms with van der Waals surface area (Å²) in [6, 6.07) is 0. The maximum Gasteiger partial charge on any atom is 0.303 e. The van der Waals surface area contributed by atoms with Gasteiger partial charge in [0.1, 0.15) is 12.2 Å². The van der Waals surface area contributed by atoms with Gasteiger partial charge in [0.05, 0.1) is 5.41 Å². The van der Waals surface area contributed by atoms with Crippen LogP contribution < -0.4 is 0 Å². The third-order valence-corrected chi connectivity index (χ3v) is 7.90. The Kier molecular flexibility index (Phi) is 4.09. The minimum absolute atomic E-state index is 0.100. The third kappa shape index (κ3) is 2.19. The number of ether oxygens (including phenoxy) is 1. The summed E-state index contributed by atoms with van der Waals surface area (Å²) in [4.78, 5) is 38.7. The van der Waals surface area contributed by atoms with Crippen LogP contribution in [-0.2, 0) is 19.1 Å². The smallest absolute Gasteiger partial charge is 0.303 e. The maximum absolute atomic E-state index is 13.5. The van der Waals surface area contributed by atoms with Crippen molar-refractivity contribution >= 4 is 17.5 Å². The van der Waals surface area contributed by atoms with Crippen LogP contribution in [-0.4, -0.2) is 46.1 Å². The predicted molar refractivity (Wildman–Crippen MR) is 100.0 cm³/mol. The highest BCUT2D eigenvalue weighted by Crippen LogP contribution is 2.65. The zero-order valence-electron chi connectivity index (χ0n) is 16.8. The molecule has 152 valence electrons. The first-order valence-electron chi connectivity index (χ1n) is 10.0. The van der Waals surface area contributed by atoms with Gasteiger partial charge in [0.25, 0.3) is 0 Å². The molecule has 4 rings (SSSR count). The van der Waals surface area contributed by atoms with E-state index in [4.69, 9.17) is 4.74 Å². The number of carbonyl (C=O) groups is 3. The fourth-order valence-electron chi connectivity index (χ4n) is 6.10. The number of carbonyl (C=O) groups excluding carboxylic acids is 3. The molecule has 0 bridgehead atoms. The molecule has 8 atom stereocenters. The lowest BCUT2D eigenvalue weighted by Gasteiger charge is -2.55. The zero-order chi connectivity index (χ0) is 20.8. The topological polar surface area (TPSA) is 101 Å². The Morgan fingerprint density at radius 3 is 2.39 bits per heavy atom. The van der Waals surface area contributed by atoms with E-state index in [0.29, 0.717) is 12.8 Å². The van der Waals surface area contributed by atoms with Crippen LogP contribution >= 0.6 is 0 Å². The van der Waals surface area contributed by atoms with E-state index < -0.39 is 46.8 Å². The fraction of sp³-hybridized carbons (Fsp3) is 0.682. The van der Waals surface area contributed by atoms with Crippen molar-refractivity contribution in [2.24, 2.45) is 28.6 Å². The second-order valence-corrected chi connectivity index (χ2v) is 9.46. The van der Waals surface area contributed by atoms with E-state index in [0.717, 1.165) is 12.0 Å². The van der Waals surface area contributed by atoms with Crippen LogP contribution in [0.4, 0.5) is 0 Å². The number of Topliss-reactive ketones (excluding diaryl/α,β-unsaturated/α-hetero) is 2. The summed E-state index contributed by atoms with van der Waals surface area (Å²) in [5.41, 5.74) is -0.828. The van der Waals surface area contributed by atoms with Crippen LogP contribution in [0.1, 0.15) is 47.0 Å². The molecular formula is C22H28O6. The quantitative estimate of drug-likeness (QED) is 0.524. The van der Waals surface area contributed by atoms with Gasteiger partial charge >= 0.3 is 5.97 Å². The number of hydrogen-bond donors (Lipinski definition) is 2. The van der Waals surface area contributed by atoms with Crippen molar-refractivity contribution in [3.8, 4) is 0 Å². The number of fused-ring (bicyclic) bond motifs is 2. The number of aliphatic hydroxyl groups excluding tert-OH is 2. The van der Waals surface area contributed by atoms with Gasteiger partial charge in [-0.3, -0.25) is 14.4 Å². The molecule has 8 unspecified atom stereocenters. The van der Waals surface area contributed by atoms with Crippen LogP contribution in [0.25, 0.3) is 0 Å². The molecule has 6 heteroatoms. The van der Waals surface area contributed by atoms with Crippen molar-refractivity contribution in [1.82, 2.24) is 0 Å². The predicted octanol–water partition coefficient (Wildman–Crippen LogP) is 1.74. The van der Waals surface area contributed by atoms with E-state index in [1.807, 2.05) is 20.8 Å². The first kappa shape index (κ1) is 19.5. The Morgan fingerprint density at radius 1 is 1.25 bits per heavy atom. The van der Waals surface area contributed by atoms with Crippen LogP contribution in [0.5, 0.6) is 0 Å². The highest BCUT2D eigenvalue weighted by Gasteiger charge is 2.71. The lowest BCUT2D eigenvalue weighted by Crippen LogP contribution is -2.61. The van der Waals surface area contributed by atoms with E-state index >= 15 is 0 Å². The largest absolute Gasteiger partial charge is 0.455 e. The van der Waals surface area contributed by atoms with Crippen LogP contribution in [0.15, 0.2) is 23.3 Å². The first-order valence-corrected chi connectivity index (χ1v) is 10.0. The Balaban J connectivity index is 1.97. The van der Waals surface area contributed by atoms with Gasteiger partial charge in [-0.25, -0.2) is 0 Å². The van der Waals surface area contributed by atoms with Gasteiger partial charge in [-0.05, 0) is 31.1 Å². The van der Waals surface area contributed by atoms with Gasteiger partial charge in [-0.2, -0.15) is 0 Å². The molecule has 0 aromatic heterocycles. The van der Waals surface area contributed by atoms with Gasteiger partial charge in [0.2, 0.25) is 0 Å².